The molecular weight excluding hydrogens is 404 g/mol. The molecular formula is C29H38N4. The normalized spacial score (nSPS) is 18.1. The molecule has 2 aromatic carbocycles. The average Bonchev–Trinajstić information content (AvgIpc) is 3.20. The second-order valence-corrected chi connectivity index (χ2v) is 10.2. The van der Waals surface area contributed by atoms with Gasteiger partial charge in [-0.2, -0.15) is 0 Å². The zero-order valence-corrected chi connectivity index (χ0v) is 20.3. The van der Waals surface area contributed by atoms with Crippen LogP contribution >= 0.6 is 0 Å². The van der Waals surface area contributed by atoms with E-state index in [4.69, 9.17) is 0 Å². The Morgan fingerprint density at radius 1 is 1.06 bits per heavy atom. The number of piperazine rings is 1. The van der Waals surface area contributed by atoms with Crippen molar-refractivity contribution in [2.45, 2.75) is 39.5 Å². The Labute approximate surface area is 199 Å². The molecule has 0 saturated carbocycles. The highest BCUT2D eigenvalue weighted by Crippen LogP contribution is 2.50. The molecule has 0 bridgehead atoms. The number of anilines is 2. The molecule has 1 saturated heterocycles. The van der Waals surface area contributed by atoms with Gasteiger partial charge < -0.3 is 15.5 Å². The summed E-state index contributed by atoms with van der Waals surface area (Å²) in [4.78, 5) is 5.18. The number of hydrogen-bond acceptors (Lipinski definition) is 4. The van der Waals surface area contributed by atoms with Crippen LogP contribution in [0.25, 0.3) is 16.8 Å². The van der Waals surface area contributed by atoms with E-state index < -0.39 is 0 Å². The van der Waals surface area contributed by atoms with Gasteiger partial charge in [0.2, 0.25) is 0 Å². The van der Waals surface area contributed by atoms with Crippen LogP contribution in [-0.4, -0.2) is 49.1 Å². The molecule has 2 heterocycles. The van der Waals surface area contributed by atoms with E-state index >= 15 is 0 Å². The van der Waals surface area contributed by atoms with Crippen molar-refractivity contribution in [1.82, 2.24) is 9.80 Å². The molecule has 0 spiro atoms. The molecule has 174 valence electrons. The maximum absolute atomic E-state index is 4.39. The van der Waals surface area contributed by atoms with Crippen molar-refractivity contribution >= 4 is 17.1 Å². The molecule has 0 radical (unpaired) electrons. The lowest BCUT2D eigenvalue weighted by atomic mass is 9.92. The first-order chi connectivity index (χ1) is 16.0. The van der Waals surface area contributed by atoms with Gasteiger partial charge in [-0.15, -0.1) is 0 Å². The number of hydrogen-bond donors (Lipinski definition) is 2. The minimum Gasteiger partial charge on any atom is -0.358 e. The Hall–Kier alpha value is -2.56. The zero-order valence-electron chi connectivity index (χ0n) is 20.3. The maximum Gasteiger partial charge on any atom is 0.0468 e. The van der Waals surface area contributed by atoms with E-state index in [1.807, 2.05) is 0 Å². The van der Waals surface area contributed by atoms with Crippen LogP contribution in [0.1, 0.15) is 49.8 Å². The third-order valence-electron chi connectivity index (χ3n) is 7.60. The molecule has 0 aromatic heterocycles. The molecule has 1 unspecified atom stereocenters. The fraction of sp³-hybridized carbons (Fsp3) is 0.448. The van der Waals surface area contributed by atoms with Gasteiger partial charge in [-0.1, -0.05) is 58.0 Å². The summed E-state index contributed by atoms with van der Waals surface area (Å²) in [5, 5.41) is 7.18. The topological polar surface area (TPSA) is 30.5 Å². The Morgan fingerprint density at radius 2 is 1.85 bits per heavy atom. The van der Waals surface area contributed by atoms with E-state index in [9.17, 15) is 0 Å². The van der Waals surface area contributed by atoms with Gasteiger partial charge in [-0.3, -0.25) is 4.90 Å². The molecule has 2 aliphatic heterocycles. The summed E-state index contributed by atoms with van der Waals surface area (Å²) in [5.74, 6) is 0.848. The standard InChI is InChI=1S/C29H38N4/c1-5-7-20(2)12-13-32-14-16-33(17-15-32)19-21(3)30-26-10-11-27-29-25(26)18-23-8-6-9-24(28(23)29)22(4)31-27/h6,8-11,20,30-31H,3-5,7,12-19H2,1-2H3. The van der Waals surface area contributed by atoms with Gasteiger partial charge in [-0.05, 0) is 47.7 Å². The molecule has 1 fully saturated rings. The van der Waals surface area contributed by atoms with Crippen molar-refractivity contribution < 1.29 is 0 Å². The first-order valence-corrected chi connectivity index (χ1v) is 12.7. The summed E-state index contributed by atoms with van der Waals surface area (Å²) < 4.78 is 0. The van der Waals surface area contributed by atoms with Crippen LogP contribution in [0.3, 0.4) is 0 Å². The van der Waals surface area contributed by atoms with Crippen LogP contribution in [0.15, 0.2) is 49.2 Å². The monoisotopic (exact) mass is 442 g/mol. The van der Waals surface area contributed by atoms with Crippen molar-refractivity contribution in [3.8, 4) is 11.1 Å². The summed E-state index contributed by atoms with van der Waals surface area (Å²) in [6.07, 6.45) is 4.95. The number of nitrogens with one attached hydrogen (secondary N) is 2. The molecule has 3 aliphatic rings. The van der Waals surface area contributed by atoms with Crippen LogP contribution < -0.4 is 10.6 Å². The van der Waals surface area contributed by atoms with Crippen molar-refractivity contribution in [3.05, 3.63) is 65.9 Å². The molecule has 4 heteroatoms. The van der Waals surface area contributed by atoms with Gasteiger partial charge in [0, 0.05) is 73.0 Å². The summed E-state index contributed by atoms with van der Waals surface area (Å²) >= 11 is 0. The fourth-order valence-electron chi connectivity index (χ4n) is 5.76. The largest absolute Gasteiger partial charge is 0.358 e. The molecule has 2 N–H and O–H groups in total. The predicted octanol–water partition coefficient (Wildman–Crippen LogP) is 6.02. The highest BCUT2D eigenvalue weighted by molar-refractivity contribution is 6.03. The van der Waals surface area contributed by atoms with Gasteiger partial charge >= 0.3 is 0 Å². The van der Waals surface area contributed by atoms with Crippen molar-refractivity contribution in [3.63, 3.8) is 0 Å². The third kappa shape index (κ3) is 4.47. The second kappa shape index (κ2) is 9.36. The van der Waals surface area contributed by atoms with Crippen LogP contribution in [0.5, 0.6) is 0 Å². The zero-order chi connectivity index (χ0) is 22.9. The quantitative estimate of drug-likeness (QED) is 0.424. The van der Waals surface area contributed by atoms with Crippen LogP contribution in [0.2, 0.25) is 0 Å². The lowest BCUT2D eigenvalue weighted by Crippen LogP contribution is -2.47. The second-order valence-electron chi connectivity index (χ2n) is 10.2. The van der Waals surface area contributed by atoms with Crippen molar-refractivity contribution in [1.29, 1.82) is 0 Å². The van der Waals surface area contributed by atoms with E-state index in [1.165, 1.54) is 78.1 Å². The molecule has 1 atom stereocenters. The van der Waals surface area contributed by atoms with Gasteiger partial charge in [-0.25, -0.2) is 0 Å². The van der Waals surface area contributed by atoms with Crippen molar-refractivity contribution in [2.24, 2.45) is 5.92 Å². The summed E-state index contributed by atoms with van der Waals surface area (Å²) in [6, 6.07) is 11.0. The smallest absolute Gasteiger partial charge is 0.0468 e. The lowest BCUT2D eigenvalue weighted by Gasteiger charge is -2.35. The van der Waals surface area contributed by atoms with E-state index in [0.717, 1.165) is 43.4 Å². The molecule has 0 amide bonds. The third-order valence-corrected chi connectivity index (χ3v) is 7.60. The first kappa shape index (κ1) is 22.2. The van der Waals surface area contributed by atoms with Crippen LogP contribution in [0, 0.1) is 5.92 Å². The van der Waals surface area contributed by atoms with E-state index in [2.05, 4.69) is 77.8 Å². The lowest BCUT2D eigenvalue weighted by molar-refractivity contribution is 0.134. The molecule has 4 nitrogen and oxygen atoms in total. The Kier molecular flexibility index (Phi) is 6.31. The summed E-state index contributed by atoms with van der Waals surface area (Å²) in [6.45, 7) is 20.1. The van der Waals surface area contributed by atoms with E-state index in [-0.39, 0.29) is 0 Å². The highest BCUT2D eigenvalue weighted by atomic mass is 15.3. The number of nitrogens with zero attached hydrogens (tertiary/aromatic N) is 2. The SMILES string of the molecule is C=C(CN1CCN(CCC(C)CCC)CC1)Nc1ccc2c3c1Cc1cccc(c1-3)C(=C)N2. The summed E-state index contributed by atoms with van der Waals surface area (Å²) in [5.41, 5.74) is 11.2. The van der Waals surface area contributed by atoms with Crippen LogP contribution in [0.4, 0.5) is 11.4 Å². The van der Waals surface area contributed by atoms with Crippen LogP contribution in [-0.2, 0) is 6.42 Å². The number of benzene rings is 2. The van der Waals surface area contributed by atoms with Gasteiger partial charge in [0.05, 0.1) is 0 Å². The summed E-state index contributed by atoms with van der Waals surface area (Å²) in [7, 11) is 0. The Balaban J connectivity index is 1.19. The molecule has 5 rings (SSSR count). The average molecular weight is 443 g/mol. The van der Waals surface area contributed by atoms with E-state index in [0.29, 0.717) is 0 Å². The minimum atomic E-state index is 0.848. The highest BCUT2D eigenvalue weighted by Gasteiger charge is 2.30. The maximum atomic E-state index is 4.39. The fourth-order valence-corrected chi connectivity index (χ4v) is 5.76. The Bertz CT molecular complexity index is 1060. The van der Waals surface area contributed by atoms with E-state index in [1.54, 1.807) is 0 Å². The minimum absolute atomic E-state index is 0.848. The van der Waals surface area contributed by atoms with Gasteiger partial charge in [0.15, 0.2) is 0 Å². The van der Waals surface area contributed by atoms with Crippen molar-refractivity contribution in [2.75, 3.05) is 49.9 Å². The Morgan fingerprint density at radius 3 is 2.64 bits per heavy atom. The molecule has 2 aromatic rings. The predicted molar refractivity (Wildman–Crippen MR) is 142 cm³/mol. The molecule has 33 heavy (non-hydrogen) atoms. The number of rotatable bonds is 9. The van der Waals surface area contributed by atoms with Gasteiger partial charge in [0.1, 0.15) is 0 Å². The first-order valence-electron chi connectivity index (χ1n) is 12.7. The molecule has 1 aliphatic carbocycles. The van der Waals surface area contributed by atoms with Gasteiger partial charge in [0.25, 0.3) is 0 Å².